The summed E-state index contributed by atoms with van der Waals surface area (Å²) in [6.07, 6.45) is 5.52. The smallest absolute Gasteiger partial charge is 0.222 e. The van der Waals surface area contributed by atoms with E-state index in [2.05, 4.69) is 23.3 Å². The molecule has 0 aromatic carbocycles. The summed E-state index contributed by atoms with van der Waals surface area (Å²) in [5.41, 5.74) is 1.24. The van der Waals surface area contributed by atoms with E-state index >= 15 is 0 Å². The summed E-state index contributed by atoms with van der Waals surface area (Å²) in [5, 5.41) is 0. The molecule has 3 nitrogen and oxygen atoms in total. The summed E-state index contributed by atoms with van der Waals surface area (Å²) < 4.78 is 0. The Kier molecular flexibility index (Phi) is 4.81. The van der Waals surface area contributed by atoms with Gasteiger partial charge in [0.05, 0.1) is 0 Å². The SMILES string of the molecule is C=C(C)CN1CCC(CC(=O)N2CCCC2)CC1. The van der Waals surface area contributed by atoms with Crippen LogP contribution in [-0.4, -0.2) is 48.4 Å². The van der Waals surface area contributed by atoms with E-state index < -0.39 is 0 Å². The number of likely N-dealkylation sites (tertiary alicyclic amines) is 2. The molecular formula is C15H26N2O. The molecule has 2 heterocycles. The second-order valence-corrected chi connectivity index (χ2v) is 5.97. The van der Waals surface area contributed by atoms with Crippen molar-refractivity contribution in [3.8, 4) is 0 Å². The van der Waals surface area contributed by atoms with Crippen molar-refractivity contribution in [1.29, 1.82) is 0 Å². The van der Waals surface area contributed by atoms with Crippen LogP contribution in [-0.2, 0) is 4.79 Å². The molecule has 102 valence electrons. The van der Waals surface area contributed by atoms with Crippen LogP contribution in [0.4, 0.5) is 0 Å². The van der Waals surface area contributed by atoms with Gasteiger partial charge in [-0.1, -0.05) is 12.2 Å². The molecule has 0 aliphatic carbocycles. The maximum atomic E-state index is 12.1. The van der Waals surface area contributed by atoms with Gasteiger partial charge in [0.2, 0.25) is 5.91 Å². The molecule has 2 fully saturated rings. The highest BCUT2D eigenvalue weighted by molar-refractivity contribution is 5.76. The van der Waals surface area contributed by atoms with Gasteiger partial charge in [-0.3, -0.25) is 9.69 Å². The number of carbonyl (C=O) groups excluding carboxylic acids is 1. The highest BCUT2D eigenvalue weighted by atomic mass is 16.2. The largest absolute Gasteiger partial charge is 0.343 e. The van der Waals surface area contributed by atoms with Crippen LogP contribution in [0, 0.1) is 5.92 Å². The molecule has 0 aromatic rings. The topological polar surface area (TPSA) is 23.6 Å². The highest BCUT2D eigenvalue weighted by Crippen LogP contribution is 2.22. The van der Waals surface area contributed by atoms with E-state index in [4.69, 9.17) is 0 Å². The number of nitrogens with zero attached hydrogens (tertiary/aromatic N) is 2. The fraction of sp³-hybridized carbons (Fsp3) is 0.800. The third kappa shape index (κ3) is 3.84. The first-order chi connectivity index (χ1) is 8.65. The van der Waals surface area contributed by atoms with E-state index in [9.17, 15) is 4.79 Å². The Morgan fingerprint density at radius 3 is 2.33 bits per heavy atom. The van der Waals surface area contributed by atoms with E-state index in [1.807, 2.05) is 0 Å². The van der Waals surface area contributed by atoms with Crippen LogP contribution in [0.3, 0.4) is 0 Å². The van der Waals surface area contributed by atoms with Crippen molar-refractivity contribution < 1.29 is 4.79 Å². The van der Waals surface area contributed by atoms with Gasteiger partial charge in [0.25, 0.3) is 0 Å². The van der Waals surface area contributed by atoms with Crippen molar-refractivity contribution in [3.05, 3.63) is 12.2 Å². The number of amides is 1. The maximum absolute atomic E-state index is 12.1. The van der Waals surface area contributed by atoms with E-state index in [1.165, 1.54) is 31.3 Å². The third-order valence-corrected chi connectivity index (χ3v) is 4.12. The molecule has 2 rings (SSSR count). The van der Waals surface area contributed by atoms with E-state index in [0.717, 1.165) is 39.1 Å². The Labute approximate surface area is 111 Å². The minimum absolute atomic E-state index is 0.394. The zero-order chi connectivity index (χ0) is 13.0. The van der Waals surface area contributed by atoms with Crippen molar-refractivity contribution in [3.63, 3.8) is 0 Å². The van der Waals surface area contributed by atoms with Crippen molar-refractivity contribution >= 4 is 5.91 Å². The third-order valence-electron chi connectivity index (χ3n) is 4.12. The standard InChI is InChI=1S/C15H26N2O/c1-13(2)12-16-9-5-14(6-10-16)11-15(18)17-7-3-4-8-17/h14H,1,3-12H2,2H3. The molecule has 2 aliphatic rings. The van der Waals surface area contributed by atoms with Crippen molar-refractivity contribution in [2.45, 2.75) is 39.0 Å². The monoisotopic (exact) mass is 250 g/mol. The molecule has 0 bridgehead atoms. The van der Waals surface area contributed by atoms with Crippen molar-refractivity contribution in [2.24, 2.45) is 5.92 Å². The van der Waals surface area contributed by atoms with Gasteiger partial charge in [-0.25, -0.2) is 0 Å². The average molecular weight is 250 g/mol. The fourth-order valence-electron chi connectivity index (χ4n) is 3.07. The number of rotatable bonds is 4. The number of hydrogen-bond donors (Lipinski definition) is 0. The van der Waals surface area contributed by atoms with Crippen molar-refractivity contribution in [2.75, 3.05) is 32.7 Å². The van der Waals surface area contributed by atoms with Crippen LogP contribution in [0.5, 0.6) is 0 Å². The van der Waals surface area contributed by atoms with Gasteiger partial charge in [0.15, 0.2) is 0 Å². The lowest BCUT2D eigenvalue weighted by molar-refractivity contribution is -0.131. The molecule has 2 aliphatic heterocycles. The molecule has 3 heteroatoms. The molecule has 0 atom stereocenters. The number of carbonyl (C=O) groups is 1. The summed E-state index contributed by atoms with van der Waals surface area (Å²) >= 11 is 0. The Balaban J connectivity index is 1.69. The van der Waals surface area contributed by atoms with Crippen LogP contribution in [0.2, 0.25) is 0 Å². The Hall–Kier alpha value is -0.830. The van der Waals surface area contributed by atoms with Crippen molar-refractivity contribution in [1.82, 2.24) is 9.80 Å². The molecule has 0 aromatic heterocycles. The zero-order valence-electron chi connectivity index (χ0n) is 11.7. The van der Waals surface area contributed by atoms with Gasteiger partial charge < -0.3 is 4.90 Å². The van der Waals surface area contributed by atoms with Crippen LogP contribution < -0.4 is 0 Å². The van der Waals surface area contributed by atoms with Crippen LogP contribution >= 0.6 is 0 Å². The fourth-order valence-corrected chi connectivity index (χ4v) is 3.07. The normalized spacial score (nSPS) is 22.4. The molecule has 18 heavy (non-hydrogen) atoms. The summed E-state index contributed by atoms with van der Waals surface area (Å²) in [6.45, 7) is 11.3. The average Bonchev–Trinajstić information content (AvgIpc) is 2.84. The summed E-state index contributed by atoms with van der Waals surface area (Å²) in [7, 11) is 0. The molecule has 1 amide bonds. The molecule has 0 unspecified atom stereocenters. The van der Waals surface area contributed by atoms with Gasteiger partial charge in [-0.2, -0.15) is 0 Å². The molecule has 0 saturated carbocycles. The Morgan fingerprint density at radius 1 is 1.17 bits per heavy atom. The highest BCUT2D eigenvalue weighted by Gasteiger charge is 2.24. The minimum atomic E-state index is 0.394. The van der Waals surface area contributed by atoms with Crippen LogP contribution in [0.25, 0.3) is 0 Å². The molecule has 0 radical (unpaired) electrons. The summed E-state index contributed by atoms with van der Waals surface area (Å²) in [5.74, 6) is 1.00. The lowest BCUT2D eigenvalue weighted by Gasteiger charge is -2.32. The second-order valence-electron chi connectivity index (χ2n) is 5.97. The van der Waals surface area contributed by atoms with Crippen LogP contribution in [0.15, 0.2) is 12.2 Å². The lowest BCUT2D eigenvalue weighted by atomic mass is 9.93. The Bertz CT molecular complexity index is 300. The molecule has 0 N–H and O–H groups in total. The lowest BCUT2D eigenvalue weighted by Crippen LogP contribution is -2.37. The zero-order valence-corrected chi connectivity index (χ0v) is 11.7. The first-order valence-electron chi connectivity index (χ1n) is 7.29. The number of hydrogen-bond acceptors (Lipinski definition) is 2. The molecule has 0 spiro atoms. The van der Waals surface area contributed by atoms with Gasteiger partial charge in [0, 0.05) is 26.1 Å². The second kappa shape index (κ2) is 6.37. The van der Waals surface area contributed by atoms with Gasteiger partial charge in [-0.05, 0) is 51.6 Å². The minimum Gasteiger partial charge on any atom is -0.343 e. The summed E-state index contributed by atoms with van der Waals surface area (Å²) in [6, 6.07) is 0. The molecular weight excluding hydrogens is 224 g/mol. The number of piperidine rings is 1. The first-order valence-corrected chi connectivity index (χ1v) is 7.29. The maximum Gasteiger partial charge on any atom is 0.222 e. The first kappa shape index (κ1) is 13.6. The Morgan fingerprint density at radius 2 is 1.78 bits per heavy atom. The summed E-state index contributed by atoms with van der Waals surface area (Å²) in [4.78, 5) is 16.6. The molecule has 2 saturated heterocycles. The van der Waals surface area contributed by atoms with E-state index in [-0.39, 0.29) is 0 Å². The van der Waals surface area contributed by atoms with E-state index in [1.54, 1.807) is 0 Å². The van der Waals surface area contributed by atoms with Crippen LogP contribution in [0.1, 0.15) is 39.0 Å². The van der Waals surface area contributed by atoms with E-state index in [0.29, 0.717) is 11.8 Å². The van der Waals surface area contributed by atoms with Gasteiger partial charge in [-0.15, -0.1) is 0 Å². The predicted molar refractivity (Wildman–Crippen MR) is 74.4 cm³/mol. The predicted octanol–water partition coefficient (Wildman–Crippen LogP) is 2.29. The van der Waals surface area contributed by atoms with Gasteiger partial charge in [0.1, 0.15) is 0 Å². The van der Waals surface area contributed by atoms with Gasteiger partial charge >= 0.3 is 0 Å². The quantitative estimate of drug-likeness (QED) is 0.715.